The number of amides is 1. The molecule has 0 aliphatic carbocycles. The molecule has 7 nitrogen and oxygen atoms in total. The first-order valence-corrected chi connectivity index (χ1v) is 8.14. The maximum atomic E-state index is 12.1. The number of benzene rings is 2. The molecule has 0 saturated carbocycles. The first-order valence-electron chi connectivity index (χ1n) is 5.87. The van der Waals surface area contributed by atoms with E-state index in [4.69, 9.17) is 0 Å². The van der Waals surface area contributed by atoms with Crippen LogP contribution in [-0.2, 0) is 10.0 Å². The van der Waals surface area contributed by atoms with Crippen LogP contribution in [-0.4, -0.2) is 19.2 Å². The van der Waals surface area contributed by atoms with Crippen LogP contribution in [0.15, 0.2) is 57.9 Å². The lowest BCUT2D eigenvalue weighted by atomic mass is 10.2. The van der Waals surface area contributed by atoms with Gasteiger partial charge in [-0.3, -0.25) is 14.9 Å². The lowest BCUT2D eigenvalue weighted by molar-refractivity contribution is -0.384. The van der Waals surface area contributed by atoms with Crippen LogP contribution < -0.4 is 4.72 Å². The third kappa shape index (κ3) is 3.68. The van der Waals surface area contributed by atoms with Crippen molar-refractivity contribution in [2.24, 2.45) is 0 Å². The number of nitro groups is 1. The third-order valence-corrected chi connectivity index (χ3v) is 4.57. The Balaban J connectivity index is 2.21. The van der Waals surface area contributed by atoms with Gasteiger partial charge in [0.2, 0.25) is 0 Å². The van der Waals surface area contributed by atoms with Gasteiger partial charge in [-0.1, -0.05) is 15.9 Å². The Morgan fingerprint density at radius 1 is 1.05 bits per heavy atom. The third-order valence-electron chi connectivity index (χ3n) is 2.69. The molecule has 0 fully saturated rings. The molecule has 0 bridgehead atoms. The van der Waals surface area contributed by atoms with E-state index in [0.29, 0.717) is 0 Å². The van der Waals surface area contributed by atoms with Gasteiger partial charge in [-0.15, -0.1) is 0 Å². The van der Waals surface area contributed by atoms with Gasteiger partial charge < -0.3 is 0 Å². The van der Waals surface area contributed by atoms with E-state index in [-0.39, 0.29) is 16.1 Å². The molecule has 0 saturated heterocycles. The SMILES string of the molecule is O=C(NS(=O)(=O)c1ccc([N+](=O)[O-])cc1)c1ccc(Br)cc1. The van der Waals surface area contributed by atoms with Crippen molar-refractivity contribution < 1.29 is 18.1 Å². The van der Waals surface area contributed by atoms with E-state index in [1.807, 2.05) is 4.72 Å². The molecule has 0 radical (unpaired) electrons. The number of rotatable bonds is 4. The molecule has 0 heterocycles. The summed E-state index contributed by atoms with van der Waals surface area (Å²) in [4.78, 5) is 21.6. The summed E-state index contributed by atoms with van der Waals surface area (Å²) in [6.45, 7) is 0. The predicted molar refractivity (Wildman–Crippen MR) is 81.9 cm³/mol. The zero-order valence-corrected chi connectivity index (χ0v) is 13.3. The molecule has 22 heavy (non-hydrogen) atoms. The standard InChI is InChI=1S/C13H9BrN2O5S/c14-10-3-1-9(2-4-10)13(17)15-22(20,21)12-7-5-11(6-8-12)16(18)19/h1-8H,(H,15,17). The van der Waals surface area contributed by atoms with Gasteiger partial charge in [-0.2, -0.15) is 0 Å². The summed E-state index contributed by atoms with van der Waals surface area (Å²) < 4.78 is 26.8. The minimum atomic E-state index is -4.09. The zero-order valence-electron chi connectivity index (χ0n) is 10.9. The van der Waals surface area contributed by atoms with Gasteiger partial charge in [0.05, 0.1) is 9.82 Å². The molecule has 9 heteroatoms. The Kier molecular flexibility index (Phi) is 4.57. The summed E-state index contributed by atoms with van der Waals surface area (Å²) in [5.41, 5.74) is -0.0631. The second kappa shape index (κ2) is 6.24. The molecule has 2 aromatic rings. The van der Waals surface area contributed by atoms with Gasteiger partial charge >= 0.3 is 0 Å². The number of carbonyl (C=O) groups excluding carboxylic acids is 1. The van der Waals surface area contributed by atoms with Crippen LogP contribution in [0, 0.1) is 10.1 Å². The minimum absolute atomic E-state index is 0.175. The molecule has 0 unspecified atom stereocenters. The monoisotopic (exact) mass is 384 g/mol. The molecule has 0 aliphatic rings. The van der Waals surface area contributed by atoms with Gasteiger partial charge in [0.25, 0.3) is 21.6 Å². The molecular formula is C13H9BrN2O5S. The van der Waals surface area contributed by atoms with E-state index in [1.165, 1.54) is 12.1 Å². The molecule has 0 spiro atoms. The maximum Gasteiger partial charge on any atom is 0.269 e. The second-order valence-electron chi connectivity index (χ2n) is 4.19. The Labute approximate surface area is 134 Å². The van der Waals surface area contributed by atoms with Crippen LogP contribution in [0.1, 0.15) is 10.4 Å². The van der Waals surface area contributed by atoms with E-state index in [9.17, 15) is 23.3 Å². The lowest BCUT2D eigenvalue weighted by Crippen LogP contribution is -2.30. The van der Waals surface area contributed by atoms with Crippen molar-refractivity contribution in [1.29, 1.82) is 0 Å². The molecular weight excluding hydrogens is 376 g/mol. The molecule has 2 rings (SSSR count). The van der Waals surface area contributed by atoms with Gasteiger partial charge in [-0.25, -0.2) is 13.1 Å². The van der Waals surface area contributed by atoms with Crippen molar-refractivity contribution >= 4 is 37.5 Å². The number of carbonyl (C=O) groups is 1. The van der Waals surface area contributed by atoms with Crippen LogP contribution in [0.25, 0.3) is 0 Å². The fraction of sp³-hybridized carbons (Fsp3) is 0. The number of nitrogens with zero attached hydrogens (tertiary/aromatic N) is 1. The first kappa shape index (κ1) is 16.1. The molecule has 0 atom stereocenters. The lowest BCUT2D eigenvalue weighted by Gasteiger charge is -2.07. The molecule has 0 aromatic heterocycles. The zero-order chi connectivity index (χ0) is 16.3. The van der Waals surface area contributed by atoms with Gasteiger partial charge in [0, 0.05) is 22.2 Å². The number of nitrogens with one attached hydrogen (secondary N) is 1. The van der Waals surface area contributed by atoms with Gasteiger partial charge in [0.1, 0.15) is 0 Å². The maximum absolute atomic E-state index is 12.1. The van der Waals surface area contributed by atoms with E-state index in [1.54, 1.807) is 12.1 Å². The summed E-state index contributed by atoms with van der Waals surface area (Å²) in [5.74, 6) is -0.786. The number of non-ortho nitro benzene ring substituents is 1. The van der Waals surface area contributed by atoms with Crippen LogP contribution in [0.5, 0.6) is 0 Å². The average Bonchev–Trinajstić information content (AvgIpc) is 2.47. The second-order valence-corrected chi connectivity index (χ2v) is 6.79. The summed E-state index contributed by atoms with van der Waals surface area (Å²) in [6.07, 6.45) is 0. The van der Waals surface area contributed by atoms with E-state index in [0.717, 1.165) is 28.7 Å². The number of halogens is 1. The molecule has 1 amide bonds. The fourth-order valence-corrected chi connectivity index (χ4v) is 2.83. The van der Waals surface area contributed by atoms with E-state index < -0.39 is 20.9 Å². The highest BCUT2D eigenvalue weighted by Crippen LogP contribution is 2.16. The van der Waals surface area contributed by atoms with Crippen molar-refractivity contribution in [3.05, 3.63) is 68.7 Å². The highest BCUT2D eigenvalue weighted by molar-refractivity contribution is 9.10. The highest BCUT2D eigenvalue weighted by atomic mass is 79.9. The Bertz CT molecular complexity index is 817. The number of nitro benzene ring substituents is 1. The summed E-state index contributed by atoms with van der Waals surface area (Å²) in [7, 11) is -4.09. The number of hydrogen-bond donors (Lipinski definition) is 1. The molecule has 1 N–H and O–H groups in total. The average molecular weight is 385 g/mol. The summed E-state index contributed by atoms with van der Waals surface area (Å²) >= 11 is 3.21. The Morgan fingerprint density at radius 3 is 2.09 bits per heavy atom. The molecule has 114 valence electrons. The normalized spacial score (nSPS) is 11.0. The Hall–Kier alpha value is -2.26. The largest absolute Gasteiger partial charge is 0.269 e. The van der Waals surface area contributed by atoms with E-state index >= 15 is 0 Å². The van der Waals surface area contributed by atoms with Crippen LogP contribution in [0.2, 0.25) is 0 Å². The quantitative estimate of drug-likeness (QED) is 0.643. The molecule has 2 aromatic carbocycles. The summed E-state index contributed by atoms with van der Waals surface area (Å²) in [6, 6.07) is 10.4. The van der Waals surface area contributed by atoms with E-state index in [2.05, 4.69) is 15.9 Å². The fourth-order valence-electron chi connectivity index (χ4n) is 1.59. The van der Waals surface area contributed by atoms with Crippen molar-refractivity contribution in [2.45, 2.75) is 4.90 Å². The number of sulfonamides is 1. The smallest absolute Gasteiger partial charge is 0.268 e. The summed E-state index contributed by atoms with van der Waals surface area (Å²) in [5, 5.41) is 10.5. The predicted octanol–water partition coefficient (Wildman–Crippen LogP) is 2.48. The highest BCUT2D eigenvalue weighted by Gasteiger charge is 2.19. The van der Waals surface area contributed by atoms with Crippen LogP contribution in [0.4, 0.5) is 5.69 Å². The van der Waals surface area contributed by atoms with Gasteiger partial charge in [0.15, 0.2) is 0 Å². The van der Waals surface area contributed by atoms with Gasteiger partial charge in [-0.05, 0) is 36.4 Å². The number of hydrogen-bond acceptors (Lipinski definition) is 5. The van der Waals surface area contributed by atoms with Crippen LogP contribution >= 0.6 is 15.9 Å². The minimum Gasteiger partial charge on any atom is -0.268 e. The molecule has 0 aliphatic heterocycles. The van der Waals surface area contributed by atoms with Crippen molar-refractivity contribution in [1.82, 2.24) is 4.72 Å². The van der Waals surface area contributed by atoms with Crippen molar-refractivity contribution in [3.8, 4) is 0 Å². The van der Waals surface area contributed by atoms with Crippen LogP contribution in [0.3, 0.4) is 0 Å². The van der Waals surface area contributed by atoms with Crippen molar-refractivity contribution in [2.75, 3.05) is 0 Å². The van der Waals surface area contributed by atoms with Crippen molar-refractivity contribution in [3.63, 3.8) is 0 Å². The Morgan fingerprint density at radius 2 is 1.59 bits per heavy atom. The first-order chi connectivity index (χ1) is 10.3. The topological polar surface area (TPSA) is 106 Å².